The third kappa shape index (κ3) is 2.82. The summed E-state index contributed by atoms with van der Waals surface area (Å²) in [4.78, 5) is 3.68. The number of hydrogen-bond acceptors (Lipinski definition) is 4. The number of halogens is 1. The second-order valence-electron chi connectivity index (χ2n) is 3.22. The Morgan fingerprint density at radius 3 is 2.94 bits per heavy atom. The van der Waals surface area contributed by atoms with Crippen molar-refractivity contribution < 1.29 is 8.42 Å². The first kappa shape index (κ1) is 12.0. The van der Waals surface area contributed by atoms with Crippen molar-refractivity contribution in [3.63, 3.8) is 0 Å². The largest absolute Gasteiger partial charge is 0.285 e. The maximum absolute atomic E-state index is 11.9. The van der Waals surface area contributed by atoms with Gasteiger partial charge in [-0.25, -0.2) is 18.1 Å². The van der Waals surface area contributed by atoms with Crippen molar-refractivity contribution in [1.29, 1.82) is 0 Å². The van der Waals surface area contributed by atoms with Crippen LogP contribution in [0.1, 0.15) is 5.56 Å². The summed E-state index contributed by atoms with van der Waals surface area (Å²) in [5.74, 6) is 0. The van der Waals surface area contributed by atoms with E-state index in [-0.39, 0.29) is 16.6 Å². The summed E-state index contributed by atoms with van der Waals surface area (Å²) in [6.45, 7) is 0.143. The van der Waals surface area contributed by atoms with E-state index in [2.05, 4.69) is 19.9 Å². The van der Waals surface area contributed by atoms with Gasteiger partial charge in [-0.05, 0) is 12.1 Å². The molecule has 0 aliphatic heterocycles. The standard InChI is InChI=1S/C9H9ClN4O2S/c10-9-8(2-1-3-11-9)17(15,16)14-6-7-4-12-13-5-7/h1-5,14H,6H2,(H,12,13). The molecule has 90 valence electrons. The molecule has 0 amide bonds. The summed E-state index contributed by atoms with van der Waals surface area (Å²) in [6, 6.07) is 2.91. The molecule has 0 fully saturated rings. The van der Waals surface area contributed by atoms with E-state index < -0.39 is 10.0 Å². The van der Waals surface area contributed by atoms with Gasteiger partial charge in [-0.15, -0.1) is 0 Å². The summed E-state index contributed by atoms with van der Waals surface area (Å²) in [6.07, 6.45) is 4.57. The van der Waals surface area contributed by atoms with Crippen LogP contribution in [0.2, 0.25) is 5.15 Å². The minimum absolute atomic E-state index is 0.0369. The Morgan fingerprint density at radius 1 is 1.47 bits per heavy atom. The maximum atomic E-state index is 11.9. The van der Waals surface area contributed by atoms with Crippen molar-refractivity contribution in [2.24, 2.45) is 0 Å². The average molecular weight is 273 g/mol. The molecule has 0 aliphatic carbocycles. The quantitative estimate of drug-likeness (QED) is 0.811. The topological polar surface area (TPSA) is 87.7 Å². The number of sulfonamides is 1. The number of nitrogens with zero attached hydrogens (tertiary/aromatic N) is 2. The van der Waals surface area contributed by atoms with Gasteiger partial charge in [-0.1, -0.05) is 11.6 Å². The first-order valence-electron chi connectivity index (χ1n) is 4.67. The molecule has 0 atom stereocenters. The Morgan fingerprint density at radius 2 is 2.29 bits per heavy atom. The number of aromatic nitrogens is 3. The van der Waals surface area contributed by atoms with Crippen molar-refractivity contribution in [3.05, 3.63) is 41.4 Å². The Hall–Kier alpha value is -1.44. The Bertz CT molecular complexity index is 597. The van der Waals surface area contributed by atoms with Gasteiger partial charge in [0, 0.05) is 24.5 Å². The van der Waals surface area contributed by atoms with E-state index in [0.29, 0.717) is 0 Å². The minimum Gasteiger partial charge on any atom is -0.285 e. The van der Waals surface area contributed by atoms with Crippen LogP contribution < -0.4 is 4.72 Å². The normalized spacial score (nSPS) is 11.6. The van der Waals surface area contributed by atoms with E-state index in [0.717, 1.165) is 5.56 Å². The molecule has 0 saturated heterocycles. The summed E-state index contributed by atoms with van der Waals surface area (Å²) in [5.41, 5.74) is 0.730. The lowest BCUT2D eigenvalue weighted by molar-refractivity contribution is 0.581. The molecule has 0 aromatic carbocycles. The molecule has 0 radical (unpaired) electrons. The second kappa shape index (κ2) is 4.82. The zero-order valence-corrected chi connectivity index (χ0v) is 10.2. The molecule has 2 rings (SSSR count). The minimum atomic E-state index is -3.65. The van der Waals surface area contributed by atoms with Gasteiger partial charge >= 0.3 is 0 Å². The molecule has 6 nitrogen and oxygen atoms in total. The molecule has 0 saturated carbocycles. The molecule has 17 heavy (non-hydrogen) atoms. The summed E-state index contributed by atoms with van der Waals surface area (Å²) in [5, 5.41) is 6.26. The van der Waals surface area contributed by atoms with Gasteiger partial charge < -0.3 is 0 Å². The third-order valence-electron chi connectivity index (χ3n) is 2.04. The first-order valence-corrected chi connectivity index (χ1v) is 6.53. The Balaban J connectivity index is 2.17. The summed E-state index contributed by atoms with van der Waals surface area (Å²) >= 11 is 5.72. The maximum Gasteiger partial charge on any atom is 0.243 e. The molecule has 2 aromatic rings. The molecule has 0 aliphatic rings. The number of rotatable bonds is 4. The van der Waals surface area contributed by atoms with E-state index in [9.17, 15) is 8.42 Å². The van der Waals surface area contributed by atoms with Crippen molar-refractivity contribution in [2.45, 2.75) is 11.4 Å². The SMILES string of the molecule is O=S(=O)(NCc1cn[nH]c1)c1cccnc1Cl. The van der Waals surface area contributed by atoms with Crippen LogP contribution in [-0.2, 0) is 16.6 Å². The number of nitrogens with one attached hydrogen (secondary N) is 2. The number of aromatic amines is 1. The van der Waals surface area contributed by atoms with E-state index in [1.54, 1.807) is 6.20 Å². The highest BCUT2D eigenvalue weighted by Gasteiger charge is 2.17. The highest BCUT2D eigenvalue weighted by atomic mass is 35.5. The van der Waals surface area contributed by atoms with Crippen molar-refractivity contribution >= 4 is 21.6 Å². The molecule has 0 unspecified atom stereocenters. The van der Waals surface area contributed by atoms with Crippen LogP contribution in [-0.4, -0.2) is 23.6 Å². The lowest BCUT2D eigenvalue weighted by Crippen LogP contribution is -2.23. The van der Waals surface area contributed by atoms with Gasteiger partial charge in [-0.2, -0.15) is 5.10 Å². The molecule has 2 aromatic heterocycles. The molecule has 0 bridgehead atoms. The predicted molar refractivity (Wildman–Crippen MR) is 61.9 cm³/mol. The van der Waals surface area contributed by atoms with Gasteiger partial charge in [-0.3, -0.25) is 5.10 Å². The molecule has 8 heteroatoms. The van der Waals surface area contributed by atoms with Gasteiger partial charge in [0.25, 0.3) is 0 Å². The zero-order valence-electron chi connectivity index (χ0n) is 8.59. The van der Waals surface area contributed by atoms with E-state index in [1.807, 2.05) is 0 Å². The molecular formula is C9H9ClN4O2S. The van der Waals surface area contributed by atoms with Gasteiger partial charge in [0.05, 0.1) is 6.20 Å². The average Bonchev–Trinajstić information content (AvgIpc) is 2.80. The van der Waals surface area contributed by atoms with Crippen molar-refractivity contribution in [1.82, 2.24) is 19.9 Å². The van der Waals surface area contributed by atoms with Crippen molar-refractivity contribution in [2.75, 3.05) is 0 Å². The van der Waals surface area contributed by atoms with Gasteiger partial charge in [0.2, 0.25) is 10.0 Å². The van der Waals surface area contributed by atoms with E-state index in [1.165, 1.54) is 24.5 Å². The second-order valence-corrected chi connectivity index (χ2v) is 5.32. The molecule has 0 spiro atoms. The lowest BCUT2D eigenvalue weighted by atomic mass is 10.4. The lowest BCUT2D eigenvalue weighted by Gasteiger charge is -2.06. The summed E-state index contributed by atoms with van der Waals surface area (Å²) in [7, 11) is -3.65. The molecule has 2 heterocycles. The fraction of sp³-hybridized carbons (Fsp3) is 0.111. The van der Waals surface area contributed by atoms with Gasteiger partial charge in [0.1, 0.15) is 10.0 Å². The predicted octanol–water partition coefficient (Wildman–Crippen LogP) is 0.937. The fourth-order valence-corrected chi connectivity index (χ4v) is 2.67. The Labute approximate surface area is 103 Å². The third-order valence-corrected chi connectivity index (χ3v) is 3.88. The van der Waals surface area contributed by atoms with Crippen LogP contribution >= 0.6 is 11.6 Å². The van der Waals surface area contributed by atoms with E-state index in [4.69, 9.17) is 11.6 Å². The Kier molecular flexibility index (Phi) is 3.41. The van der Waals surface area contributed by atoms with Crippen molar-refractivity contribution in [3.8, 4) is 0 Å². The van der Waals surface area contributed by atoms with Crippen LogP contribution in [0.3, 0.4) is 0 Å². The fourth-order valence-electron chi connectivity index (χ4n) is 1.20. The number of pyridine rings is 1. The highest BCUT2D eigenvalue weighted by molar-refractivity contribution is 7.89. The smallest absolute Gasteiger partial charge is 0.243 e. The van der Waals surface area contributed by atoms with Gasteiger partial charge in [0.15, 0.2) is 0 Å². The number of H-pyrrole nitrogens is 1. The molecular weight excluding hydrogens is 264 g/mol. The molecule has 2 N–H and O–H groups in total. The number of hydrogen-bond donors (Lipinski definition) is 2. The zero-order chi connectivity index (χ0) is 12.3. The van der Waals surface area contributed by atoms with Crippen LogP contribution in [0.4, 0.5) is 0 Å². The van der Waals surface area contributed by atoms with Crippen LogP contribution in [0.15, 0.2) is 35.6 Å². The van der Waals surface area contributed by atoms with Crippen LogP contribution in [0.25, 0.3) is 0 Å². The van der Waals surface area contributed by atoms with E-state index >= 15 is 0 Å². The first-order chi connectivity index (χ1) is 8.09. The summed E-state index contributed by atoms with van der Waals surface area (Å²) < 4.78 is 26.2. The van der Waals surface area contributed by atoms with Crippen LogP contribution in [0.5, 0.6) is 0 Å². The van der Waals surface area contributed by atoms with Crippen LogP contribution in [0, 0.1) is 0 Å². The monoisotopic (exact) mass is 272 g/mol. The highest BCUT2D eigenvalue weighted by Crippen LogP contribution is 2.17.